The molecule has 38 heavy (non-hydrogen) atoms. The number of aromatic nitrogens is 1. The number of carbonyl (C=O) groups is 2. The predicted molar refractivity (Wildman–Crippen MR) is 135 cm³/mol. The van der Waals surface area contributed by atoms with Gasteiger partial charge in [-0.3, -0.25) is 4.79 Å². The van der Waals surface area contributed by atoms with E-state index in [1.165, 1.54) is 16.2 Å². The zero-order valence-electron chi connectivity index (χ0n) is 21.6. The van der Waals surface area contributed by atoms with E-state index < -0.39 is 23.7 Å². The Balaban J connectivity index is 1.65. The number of carboxylic acid groups (broad SMARTS) is 1. The monoisotopic (exact) mass is 555 g/mol. The molecular weight excluding hydrogens is 523 g/mol. The van der Waals surface area contributed by atoms with Crippen molar-refractivity contribution in [1.82, 2.24) is 9.47 Å². The molecule has 8 nitrogen and oxygen atoms in total. The highest BCUT2D eigenvalue weighted by molar-refractivity contribution is 7.09. The highest BCUT2D eigenvalue weighted by atomic mass is 32.1. The van der Waals surface area contributed by atoms with Crippen molar-refractivity contribution in [3.63, 3.8) is 0 Å². The van der Waals surface area contributed by atoms with Crippen LogP contribution in [0.25, 0.3) is 0 Å². The second-order valence-electron chi connectivity index (χ2n) is 10.7. The summed E-state index contributed by atoms with van der Waals surface area (Å²) in [5.41, 5.74) is -1.48. The van der Waals surface area contributed by atoms with Crippen LogP contribution in [-0.2, 0) is 22.9 Å². The molecule has 0 saturated carbocycles. The van der Waals surface area contributed by atoms with Gasteiger partial charge in [0.1, 0.15) is 5.75 Å². The van der Waals surface area contributed by atoms with Crippen LogP contribution in [0.15, 0.2) is 29.4 Å². The van der Waals surface area contributed by atoms with E-state index in [0.29, 0.717) is 30.9 Å². The van der Waals surface area contributed by atoms with Crippen LogP contribution in [0, 0.1) is 5.92 Å². The number of hydrogen-bond donors (Lipinski definition) is 1. The van der Waals surface area contributed by atoms with Crippen LogP contribution >= 0.6 is 11.3 Å². The molecule has 0 radical (unpaired) electrons. The Hall–Kier alpha value is -2.86. The molecule has 1 aromatic carbocycles. The first-order chi connectivity index (χ1) is 17.8. The molecule has 0 aliphatic carbocycles. The molecule has 1 N–H and O–H groups in total. The minimum Gasteiger partial charge on any atom is -0.492 e. The van der Waals surface area contributed by atoms with E-state index in [9.17, 15) is 22.8 Å². The molecule has 2 fully saturated rings. The number of ether oxygens (including phenoxy) is 2. The average Bonchev–Trinajstić information content (AvgIpc) is 3.59. The van der Waals surface area contributed by atoms with Crippen LogP contribution in [-0.4, -0.2) is 59.0 Å². The van der Waals surface area contributed by atoms with Gasteiger partial charge in [-0.15, -0.1) is 11.3 Å². The Bertz CT molecular complexity index is 1240. The van der Waals surface area contributed by atoms with Gasteiger partial charge in [-0.2, -0.15) is 18.2 Å². The highest BCUT2D eigenvalue weighted by Gasteiger charge is 2.33. The Labute approximate surface area is 222 Å². The molecule has 0 bridgehead atoms. The molecular formula is C26H32F3N3O5S. The van der Waals surface area contributed by atoms with E-state index in [1.807, 2.05) is 31.5 Å². The smallest absolute Gasteiger partial charge is 0.416 e. The van der Waals surface area contributed by atoms with Crippen molar-refractivity contribution >= 4 is 23.3 Å². The molecule has 12 heteroatoms. The van der Waals surface area contributed by atoms with Gasteiger partial charge in [0.2, 0.25) is 0 Å². The number of halogens is 3. The molecule has 2 aromatic rings. The van der Waals surface area contributed by atoms with Crippen molar-refractivity contribution in [3.05, 3.63) is 45.2 Å². The molecule has 0 unspecified atom stereocenters. The Morgan fingerprint density at radius 1 is 1.24 bits per heavy atom. The highest BCUT2D eigenvalue weighted by Crippen LogP contribution is 2.33. The summed E-state index contributed by atoms with van der Waals surface area (Å²) in [6, 6.07) is 2.76. The number of alkyl halides is 3. The summed E-state index contributed by atoms with van der Waals surface area (Å²) in [6.45, 7) is 7.96. The minimum absolute atomic E-state index is 0.0150. The van der Waals surface area contributed by atoms with Gasteiger partial charge in [0.25, 0.3) is 5.91 Å². The lowest BCUT2D eigenvalue weighted by molar-refractivity contribution is -0.137. The Kier molecular flexibility index (Phi) is 8.22. The summed E-state index contributed by atoms with van der Waals surface area (Å²) in [7, 11) is 0. The number of benzene rings is 1. The third-order valence-corrected chi connectivity index (χ3v) is 8.10. The standard InChI is InChI=1S/C26H32F3N3O5S/c1-25(2,3)21-14-32(13-18-5-4-10-36-18)23(38-21)30-22(33)19-11-17(26(27,28)29)6-7-20(19)37-15-16-8-9-31(12-16)24(34)35/h6-7,11,14,16,18H,4-5,8-10,12-13,15H2,1-3H3,(H,34,35)/b30-23-/t16-,18+/m0/s1. The second-order valence-corrected chi connectivity index (χ2v) is 11.7. The first-order valence-corrected chi connectivity index (χ1v) is 13.4. The van der Waals surface area contributed by atoms with Gasteiger partial charge in [-0.05, 0) is 42.9 Å². The maximum Gasteiger partial charge on any atom is 0.416 e. The van der Waals surface area contributed by atoms with Crippen molar-refractivity contribution in [3.8, 4) is 5.75 Å². The number of amides is 2. The van der Waals surface area contributed by atoms with E-state index in [4.69, 9.17) is 14.6 Å². The van der Waals surface area contributed by atoms with Crippen molar-refractivity contribution in [2.45, 2.75) is 64.3 Å². The maximum atomic E-state index is 13.5. The summed E-state index contributed by atoms with van der Waals surface area (Å²) in [4.78, 5) is 31.4. The van der Waals surface area contributed by atoms with Crippen LogP contribution in [0.4, 0.5) is 18.0 Å². The molecule has 2 aliphatic rings. The normalized spacial score (nSPS) is 20.8. The SMILES string of the molecule is CC(C)(C)c1cn(C[C@H]2CCCO2)/c(=N/C(=O)c2cc(C(F)(F)F)ccc2OC[C@H]2CCN(C(=O)O)C2)s1. The van der Waals surface area contributed by atoms with Crippen LogP contribution < -0.4 is 9.54 Å². The van der Waals surface area contributed by atoms with E-state index in [-0.39, 0.29) is 41.9 Å². The predicted octanol–water partition coefficient (Wildman–Crippen LogP) is 5.16. The summed E-state index contributed by atoms with van der Waals surface area (Å²) < 4.78 is 53.9. The third-order valence-electron chi connectivity index (χ3n) is 6.65. The number of hydrogen-bond acceptors (Lipinski definition) is 5. The molecule has 2 saturated heterocycles. The topological polar surface area (TPSA) is 93.4 Å². The number of rotatable bonds is 6. The number of nitrogens with zero attached hydrogens (tertiary/aromatic N) is 3. The van der Waals surface area contributed by atoms with Gasteiger partial charge in [-0.1, -0.05) is 20.8 Å². The largest absolute Gasteiger partial charge is 0.492 e. The van der Waals surface area contributed by atoms with Crippen molar-refractivity contribution in [2.75, 3.05) is 26.3 Å². The molecule has 1 aromatic heterocycles. The van der Waals surface area contributed by atoms with E-state index in [0.717, 1.165) is 35.9 Å². The lowest BCUT2D eigenvalue weighted by Crippen LogP contribution is -2.27. The van der Waals surface area contributed by atoms with Crippen LogP contribution in [0.1, 0.15) is 60.8 Å². The van der Waals surface area contributed by atoms with E-state index in [1.54, 1.807) is 0 Å². The zero-order valence-corrected chi connectivity index (χ0v) is 22.4. The molecule has 3 heterocycles. The molecule has 2 aliphatic heterocycles. The van der Waals surface area contributed by atoms with Gasteiger partial charge >= 0.3 is 12.3 Å². The number of thiazole rings is 1. The minimum atomic E-state index is -4.65. The first kappa shape index (κ1) is 28.2. The van der Waals surface area contributed by atoms with Crippen LogP contribution in [0.5, 0.6) is 5.75 Å². The molecule has 2 amide bonds. The first-order valence-electron chi connectivity index (χ1n) is 12.5. The fraction of sp³-hybridized carbons (Fsp3) is 0.577. The molecule has 208 valence electrons. The summed E-state index contributed by atoms with van der Waals surface area (Å²) in [5.74, 6) is -0.986. The number of carbonyl (C=O) groups excluding carboxylic acids is 1. The van der Waals surface area contributed by atoms with E-state index >= 15 is 0 Å². The Morgan fingerprint density at radius 3 is 2.61 bits per heavy atom. The van der Waals surface area contributed by atoms with Crippen molar-refractivity contribution < 1.29 is 37.3 Å². The lowest BCUT2D eigenvalue weighted by Gasteiger charge is -2.16. The van der Waals surface area contributed by atoms with E-state index in [2.05, 4.69) is 4.99 Å². The van der Waals surface area contributed by atoms with Gasteiger partial charge in [0.05, 0.1) is 30.4 Å². The van der Waals surface area contributed by atoms with Gasteiger partial charge in [0.15, 0.2) is 4.80 Å². The summed E-state index contributed by atoms with van der Waals surface area (Å²) in [5, 5.41) is 9.16. The maximum absolute atomic E-state index is 13.5. The van der Waals surface area contributed by atoms with Crippen molar-refractivity contribution in [2.24, 2.45) is 10.9 Å². The number of likely N-dealkylation sites (tertiary alicyclic amines) is 1. The van der Waals surface area contributed by atoms with Gasteiger partial charge < -0.3 is 24.0 Å². The van der Waals surface area contributed by atoms with Crippen molar-refractivity contribution in [1.29, 1.82) is 0 Å². The van der Waals surface area contributed by atoms with Gasteiger partial charge in [-0.25, -0.2) is 4.79 Å². The zero-order chi connectivity index (χ0) is 27.7. The fourth-order valence-electron chi connectivity index (χ4n) is 4.45. The fourth-order valence-corrected chi connectivity index (χ4v) is 5.50. The lowest BCUT2D eigenvalue weighted by atomic mass is 9.95. The van der Waals surface area contributed by atoms with Crippen LogP contribution in [0.3, 0.4) is 0 Å². The summed E-state index contributed by atoms with van der Waals surface area (Å²) >= 11 is 1.32. The average molecular weight is 556 g/mol. The second kappa shape index (κ2) is 11.1. The molecule has 4 rings (SSSR count). The quantitative estimate of drug-likeness (QED) is 0.531. The van der Waals surface area contributed by atoms with Crippen LogP contribution in [0.2, 0.25) is 0 Å². The Morgan fingerprint density at radius 2 is 2.00 bits per heavy atom. The molecule has 2 atom stereocenters. The summed E-state index contributed by atoms with van der Waals surface area (Å²) in [6.07, 6.45) is -1.38. The third kappa shape index (κ3) is 6.76. The molecule has 0 spiro atoms. The van der Waals surface area contributed by atoms with Gasteiger partial charge in [0, 0.05) is 36.7 Å².